The van der Waals surface area contributed by atoms with E-state index in [1.807, 2.05) is 60.7 Å². The summed E-state index contributed by atoms with van der Waals surface area (Å²) in [4.78, 5) is 8.44. The van der Waals surface area contributed by atoms with Gasteiger partial charge in [0.15, 0.2) is 0 Å². The molecule has 0 aliphatic heterocycles. The minimum Gasteiger partial charge on any atom is -0.457 e. The lowest BCUT2D eigenvalue weighted by atomic mass is 10.3. The number of nitrogens with one attached hydrogen (secondary N) is 2. The Morgan fingerprint density at radius 2 is 1.50 bits per heavy atom. The Bertz CT molecular complexity index is 773. The maximum Gasteiger partial charge on any atom is 0.135 e. The Balaban J connectivity index is 1.66. The van der Waals surface area contributed by atoms with Crippen molar-refractivity contribution < 1.29 is 4.74 Å². The largest absolute Gasteiger partial charge is 0.457 e. The molecule has 24 heavy (non-hydrogen) atoms. The van der Waals surface area contributed by atoms with Crippen LogP contribution < -0.4 is 15.4 Å². The fourth-order valence-corrected chi connectivity index (χ4v) is 2.18. The molecule has 1 aromatic heterocycles. The van der Waals surface area contributed by atoms with Crippen molar-refractivity contribution in [2.75, 3.05) is 10.6 Å². The highest BCUT2D eigenvalue weighted by Gasteiger charge is 2.02. The number of anilines is 3. The molecule has 3 aromatic rings. The molecule has 2 N–H and O–H groups in total. The van der Waals surface area contributed by atoms with Gasteiger partial charge in [-0.15, -0.1) is 0 Å². The summed E-state index contributed by atoms with van der Waals surface area (Å²) in [5.41, 5.74) is 0.935. The lowest BCUT2D eigenvalue weighted by Crippen LogP contribution is -2.11. The maximum atomic E-state index is 5.78. The van der Waals surface area contributed by atoms with Crippen molar-refractivity contribution in [1.82, 2.24) is 9.97 Å². The molecule has 0 fully saturated rings. The van der Waals surface area contributed by atoms with Gasteiger partial charge in [-0.1, -0.05) is 18.2 Å². The first-order valence-corrected chi connectivity index (χ1v) is 7.87. The van der Waals surface area contributed by atoms with Crippen LogP contribution >= 0.6 is 0 Å². The van der Waals surface area contributed by atoms with Gasteiger partial charge in [-0.2, -0.15) is 0 Å². The first kappa shape index (κ1) is 15.8. The van der Waals surface area contributed by atoms with Crippen LogP contribution in [0.3, 0.4) is 0 Å². The lowest BCUT2D eigenvalue weighted by Gasteiger charge is -2.11. The third-order valence-corrected chi connectivity index (χ3v) is 3.21. The van der Waals surface area contributed by atoms with E-state index in [-0.39, 0.29) is 0 Å². The SMILES string of the molecule is CC(C)Nc1cc(Nc2ccc(Oc3ccccc3)cc2)ncn1. The highest BCUT2D eigenvalue weighted by Crippen LogP contribution is 2.24. The van der Waals surface area contributed by atoms with Crippen molar-refractivity contribution in [2.24, 2.45) is 0 Å². The maximum absolute atomic E-state index is 5.78. The van der Waals surface area contributed by atoms with Crippen molar-refractivity contribution in [3.05, 3.63) is 67.0 Å². The Morgan fingerprint density at radius 3 is 2.21 bits per heavy atom. The van der Waals surface area contributed by atoms with Gasteiger partial charge in [-0.25, -0.2) is 9.97 Å². The summed E-state index contributed by atoms with van der Waals surface area (Å²) in [6.07, 6.45) is 1.54. The van der Waals surface area contributed by atoms with E-state index in [2.05, 4.69) is 34.4 Å². The van der Waals surface area contributed by atoms with Gasteiger partial charge in [-0.05, 0) is 50.2 Å². The van der Waals surface area contributed by atoms with Crippen molar-refractivity contribution in [2.45, 2.75) is 19.9 Å². The number of nitrogens with zero attached hydrogens (tertiary/aromatic N) is 2. The molecule has 0 unspecified atom stereocenters. The number of para-hydroxylation sites is 1. The predicted octanol–water partition coefficient (Wildman–Crippen LogP) is 4.83. The van der Waals surface area contributed by atoms with Crippen LogP contribution in [0.4, 0.5) is 17.3 Å². The molecular formula is C19H20N4O. The molecule has 1 heterocycles. The van der Waals surface area contributed by atoms with Crippen LogP contribution in [0.5, 0.6) is 11.5 Å². The van der Waals surface area contributed by atoms with E-state index in [0.29, 0.717) is 6.04 Å². The summed E-state index contributed by atoms with van der Waals surface area (Å²) in [6.45, 7) is 4.14. The zero-order chi connectivity index (χ0) is 16.8. The van der Waals surface area contributed by atoms with Crippen molar-refractivity contribution >= 4 is 17.3 Å². The normalized spacial score (nSPS) is 10.5. The summed E-state index contributed by atoms with van der Waals surface area (Å²) >= 11 is 0. The zero-order valence-corrected chi connectivity index (χ0v) is 13.7. The molecule has 5 nitrogen and oxygen atoms in total. The summed E-state index contributed by atoms with van der Waals surface area (Å²) in [5, 5.41) is 6.52. The van der Waals surface area contributed by atoms with E-state index in [4.69, 9.17) is 4.74 Å². The Morgan fingerprint density at radius 1 is 0.833 bits per heavy atom. The van der Waals surface area contributed by atoms with E-state index in [1.165, 1.54) is 0 Å². The Labute approximate surface area is 141 Å². The van der Waals surface area contributed by atoms with Crippen LogP contribution in [-0.2, 0) is 0 Å². The smallest absolute Gasteiger partial charge is 0.135 e. The average Bonchev–Trinajstić information content (AvgIpc) is 2.57. The van der Waals surface area contributed by atoms with Gasteiger partial charge < -0.3 is 15.4 Å². The van der Waals surface area contributed by atoms with Crippen molar-refractivity contribution in [3.8, 4) is 11.5 Å². The first-order chi connectivity index (χ1) is 11.7. The fraction of sp³-hybridized carbons (Fsp3) is 0.158. The second-order valence-electron chi connectivity index (χ2n) is 5.65. The highest BCUT2D eigenvalue weighted by molar-refractivity contribution is 5.59. The lowest BCUT2D eigenvalue weighted by molar-refractivity contribution is 0.483. The molecule has 0 aliphatic rings. The van der Waals surface area contributed by atoms with Crippen LogP contribution in [0.1, 0.15) is 13.8 Å². The number of benzene rings is 2. The molecule has 0 atom stereocenters. The van der Waals surface area contributed by atoms with E-state index in [0.717, 1.165) is 28.8 Å². The van der Waals surface area contributed by atoms with Gasteiger partial charge in [0.05, 0.1) is 0 Å². The highest BCUT2D eigenvalue weighted by atomic mass is 16.5. The predicted molar refractivity (Wildman–Crippen MR) is 97.0 cm³/mol. The minimum atomic E-state index is 0.321. The minimum absolute atomic E-state index is 0.321. The second kappa shape index (κ2) is 7.46. The molecule has 122 valence electrons. The van der Waals surface area contributed by atoms with E-state index < -0.39 is 0 Å². The molecule has 2 aromatic carbocycles. The van der Waals surface area contributed by atoms with E-state index >= 15 is 0 Å². The summed E-state index contributed by atoms with van der Waals surface area (Å²) in [5.74, 6) is 3.14. The van der Waals surface area contributed by atoms with Crippen molar-refractivity contribution in [1.29, 1.82) is 0 Å². The number of rotatable bonds is 6. The number of aromatic nitrogens is 2. The molecule has 0 bridgehead atoms. The van der Waals surface area contributed by atoms with Crippen LogP contribution in [0, 0.1) is 0 Å². The Hall–Kier alpha value is -3.08. The molecule has 5 heteroatoms. The third kappa shape index (κ3) is 4.46. The molecule has 0 saturated heterocycles. The monoisotopic (exact) mass is 320 g/mol. The number of hydrogen-bond acceptors (Lipinski definition) is 5. The fourth-order valence-electron chi connectivity index (χ4n) is 2.18. The van der Waals surface area contributed by atoms with Crippen molar-refractivity contribution in [3.63, 3.8) is 0 Å². The van der Waals surface area contributed by atoms with Crippen LogP contribution in [-0.4, -0.2) is 16.0 Å². The van der Waals surface area contributed by atoms with E-state index in [9.17, 15) is 0 Å². The third-order valence-electron chi connectivity index (χ3n) is 3.21. The summed E-state index contributed by atoms with van der Waals surface area (Å²) in [6, 6.07) is 19.7. The second-order valence-corrected chi connectivity index (χ2v) is 5.65. The molecule has 0 spiro atoms. The number of ether oxygens (including phenoxy) is 1. The first-order valence-electron chi connectivity index (χ1n) is 7.87. The molecule has 0 radical (unpaired) electrons. The van der Waals surface area contributed by atoms with Gasteiger partial charge in [0.25, 0.3) is 0 Å². The average molecular weight is 320 g/mol. The van der Waals surface area contributed by atoms with Crippen LogP contribution in [0.15, 0.2) is 67.0 Å². The standard InChI is InChI=1S/C19H20N4O/c1-14(2)22-18-12-19(21-13-20-18)23-15-8-10-17(11-9-15)24-16-6-4-3-5-7-16/h3-14H,1-2H3,(H2,20,21,22,23). The molecule has 0 aliphatic carbocycles. The number of hydrogen-bond donors (Lipinski definition) is 2. The quantitative estimate of drug-likeness (QED) is 0.681. The van der Waals surface area contributed by atoms with Gasteiger partial charge in [-0.3, -0.25) is 0 Å². The topological polar surface area (TPSA) is 59.1 Å². The van der Waals surface area contributed by atoms with Crippen LogP contribution in [0.2, 0.25) is 0 Å². The zero-order valence-electron chi connectivity index (χ0n) is 13.7. The van der Waals surface area contributed by atoms with Gasteiger partial charge in [0.2, 0.25) is 0 Å². The van der Waals surface area contributed by atoms with Gasteiger partial charge >= 0.3 is 0 Å². The summed E-state index contributed by atoms with van der Waals surface area (Å²) < 4.78 is 5.78. The van der Waals surface area contributed by atoms with Gasteiger partial charge in [0, 0.05) is 17.8 Å². The van der Waals surface area contributed by atoms with Crippen LogP contribution in [0.25, 0.3) is 0 Å². The van der Waals surface area contributed by atoms with Gasteiger partial charge in [0.1, 0.15) is 29.5 Å². The molecular weight excluding hydrogens is 300 g/mol. The Kier molecular flexibility index (Phi) is 4.91. The molecule has 0 amide bonds. The molecule has 3 rings (SSSR count). The molecule has 0 saturated carbocycles. The summed E-state index contributed by atoms with van der Waals surface area (Å²) in [7, 11) is 0. The van der Waals surface area contributed by atoms with E-state index in [1.54, 1.807) is 6.33 Å².